The maximum Gasteiger partial charge on any atom is 0.407 e. The molecule has 1 saturated carbocycles. The van der Waals surface area contributed by atoms with Crippen LogP contribution in [0.25, 0.3) is 11.5 Å². The Balaban J connectivity index is 1.61. The van der Waals surface area contributed by atoms with E-state index in [1.54, 1.807) is 25.3 Å². The number of carboxylic acid groups (broad SMARTS) is 1. The molecule has 2 N–H and O–H groups in total. The van der Waals surface area contributed by atoms with E-state index in [-0.39, 0.29) is 24.7 Å². The van der Waals surface area contributed by atoms with E-state index in [9.17, 15) is 14.7 Å². The standard InChI is InChI=1S/C23H31N3O6/c1-4-6-14(2)30-23(29)25-13-19-15(3)26-32-21(19)20-10-9-18(12-24-20)31-17-8-5-7-16(11-17)22(27)28/h9-10,12,14,16-17H,4-8,11,13H2,1-3H3,(H,25,29)(H,27,28)/t14-,16+,17+/m1/s1. The first-order valence-electron chi connectivity index (χ1n) is 11.1. The molecule has 1 amide bonds. The number of aliphatic carboxylic acids is 1. The number of rotatable bonds is 9. The van der Waals surface area contributed by atoms with Gasteiger partial charge >= 0.3 is 12.1 Å². The van der Waals surface area contributed by atoms with Crippen molar-refractivity contribution in [1.82, 2.24) is 15.5 Å². The van der Waals surface area contributed by atoms with Gasteiger partial charge in [0.2, 0.25) is 0 Å². The van der Waals surface area contributed by atoms with Crippen LogP contribution in [-0.2, 0) is 16.1 Å². The van der Waals surface area contributed by atoms with E-state index >= 15 is 0 Å². The average Bonchev–Trinajstić information content (AvgIpc) is 3.13. The number of aryl methyl sites for hydroxylation is 1. The van der Waals surface area contributed by atoms with Crippen molar-refractivity contribution in [2.45, 2.75) is 78.0 Å². The van der Waals surface area contributed by atoms with Gasteiger partial charge in [-0.15, -0.1) is 0 Å². The summed E-state index contributed by atoms with van der Waals surface area (Å²) in [5.41, 5.74) is 1.95. The van der Waals surface area contributed by atoms with Gasteiger partial charge in [0.25, 0.3) is 0 Å². The third-order valence-corrected chi connectivity index (χ3v) is 5.64. The van der Waals surface area contributed by atoms with Gasteiger partial charge in [0.05, 0.1) is 30.5 Å². The lowest BCUT2D eigenvalue weighted by Crippen LogP contribution is -2.29. The van der Waals surface area contributed by atoms with Crippen LogP contribution in [0.1, 0.15) is 63.6 Å². The lowest BCUT2D eigenvalue weighted by molar-refractivity contribution is -0.143. The minimum Gasteiger partial charge on any atom is -0.489 e. The molecule has 9 nitrogen and oxygen atoms in total. The van der Waals surface area contributed by atoms with Gasteiger partial charge in [0, 0.05) is 5.56 Å². The molecule has 9 heteroatoms. The molecule has 3 rings (SSSR count). The summed E-state index contributed by atoms with van der Waals surface area (Å²) in [7, 11) is 0. The molecule has 32 heavy (non-hydrogen) atoms. The van der Waals surface area contributed by atoms with Gasteiger partial charge in [-0.2, -0.15) is 0 Å². The molecule has 0 unspecified atom stereocenters. The highest BCUT2D eigenvalue weighted by Gasteiger charge is 2.28. The lowest BCUT2D eigenvalue weighted by atomic mass is 9.87. The molecular formula is C23H31N3O6. The Labute approximate surface area is 187 Å². The molecule has 1 fully saturated rings. The molecule has 0 bridgehead atoms. The van der Waals surface area contributed by atoms with E-state index in [4.69, 9.17) is 14.0 Å². The highest BCUT2D eigenvalue weighted by Crippen LogP contribution is 2.29. The van der Waals surface area contributed by atoms with Crippen molar-refractivity contribution in [1.29, 1.82) is 0 Å². The van der Waals surface area contributed by atoms with Crippen molar-refractivity contribution >= 4 is 12.1 Å². The topological polar surface area (TPSA) is 124 Å². The predicted molar refractivity (Wildman–Crippen MR) is 116 cm³/mol. The van der Waals surface area contributed by atoms with Gasteiger partial charge in [-0.3, -0.25) is 4.79 Å². The highest BCUT2D eigenvalue weighted by atomic mass is 16.6. The Kier molecular flexibility index (Phi) is 8.08. The van der Waals surface area contributed by atoms with Crippen molar-refractivity contribution in [3.05, 3.63) is 29.6 Å². The summed E-state index contributed by atoms with van der Waals surface area (Å²) in [5.74, 6) is -0.0732. The fourth-order valence-corrected chi connectivity index (χ4v) is 3.90. The molecule has 0 aromatic carbocycles. The van der Waals surface area contributed by atoms with Crippen molar-refractivity contribution in [3.63, 3.8) is 0 Å². The van der Waals surface area contributed by atoms with E-state index in [1.807, 2.05) is 13.8 Å². The second-order valence-corrected chi connectivity index (χ2v) is 8.25. The largest absolute Gasteiger partial charge is 0.489 e. The zero-order valence-corrected chi connectivity index (χ0v) is 18.8. The molecule has 174 valence electrons. The Morgan fingerprint density at radius 2 is 2.16 bits per heavy atom. The number of alkyl carbamates (subject to hydrolysis) is 1. The van der Waals surface area contributed by atoms with Crippen LogP contribution in [0.3, 0.4) is 0 Å². The van der Waals surface area contributed by atoms with Crippen molar-refractivity contribution in [2.75, 3.05) is 0 Å². The molecule has 1 aliphatic carbocycles. The number of hydrogen-bond donors (Lipinski definition) is 2. The predicted octanol–water partition coefficient (Wildman–Crippen LogP) is 4.48. The quantitative estimate of drug-likeness (QED) is 0.579. The Bertz CT molecular complexity index is 911. The maximum absolute atomic E-state index is 12.0. The van der Waals surface area contributed by atoms with E-state index < -0.39 is 12.1 Å². The SMILES string of the molecule is CCC[C@@H](C)OC(=O)NCc1c(C)noc1-c1ccc(O[C@H]2CCC[C@H](C(=O)O)C2)cn1. The van der Waals surface area contributed by atoms with Crippen LogP contribution < -0.4 is 10.1 Å². The summed E-state index contributed by atoms with van der Waals surface area (Å²) in [5, 5.41) is 16.0. The molecule has 0 aliphatic heterocycles. The van der Waals surface area contributed by atoms with E-state index in [0.29, 0.717) is 35.7 Å². The minimum absolute atomic E-state index is 0.133. The number of nitrogens with zero attached hydrogens (tertiary/aromatic N) is 2. The first-order valence-corrected chi connectivity index (χ1v) is 11.1. The second kappa shape index (κ2) is 11.0. The number of aromatic nitrogens is 2. The second-order valence-electron chi connectivity index (χ2n) is 8.25. The minimum atomic E-state index is -0.766. The molecule has 0 spiro atoms. The lowest BCUT2D eigenvalue weighted by Gasteiger charge is -2.27. The van der Waals surface area contributed by atoms with Crippen LogP contribution in [0.15, 0.2) is 22.9 Å². The molecule has 2 aromatic rings. The van der Waals surface area contributed by atoms with Crippen molar-refractivity contribution in [2.24, 2.45) is 5.92 Å². The number of carbonyl (C=O) groups excluding carboxylic acids is 1. The van der Waals surface area contributed by atoms with Gasteiger partial charge < -0.3 is 24.4 Å². The normalized spacial score (nSPS) is 19.2. The van der Waals surface area contributed by atoms with Gasteiger partial charge in [0.15, 0.2) is 5.76 Å². The number of pyridine rings is 1. The third-order valence-electron chi connectivity index (χ3n) is 5.64. The Morgan fingerprint density at radius 1 is 1.34 bits per heavy atom. The van der Waals surface area contributed by atoms with Crippen LogP contribution >= 0.6 is 0 Å². The molecule has 2 aromatic heterocycles. The number of hydrogen-bond acceptors (Lipinski definition) is 7. The van der Waals surface area contributed by atoms with Crippen LogP contribution in [-0.4, -0.2) is 39.5 Å². The molecule has 0 saturated heterocycles. The van der Waals surface area contributed by atoms with Crippen LogP contribution in [0.2, 0.25) is 0 Å². The molecule has 1 aliphatic rings. The number of ether oxygens (including phenoxy) is 2. The summed E-state index contributed by atoms with van der Waals surface area (Å²) in [6, 6.07) is 3.54. The zero-order valence-electron chi connectivity index (χ0n) is 18.8. The van der Waals surface area contributed by atoms with Crippen LogP contribution in [0.5, 0.6) is 5.75 Å². The summed E-state index contributed by atoms with van der Waals surface area (Å²) in [6.07, 6.45) is 5.43. The van der Waals surface area contributed by atoms with Crippen molar-refractivity contribution in [3.8, 4) is 17.2 Å². The van der Waals surface area contributed by atoms with Crippen LogP contribution in [0, 0.1) is 12.8 Å². The maximum atomic E-state index is 12.0. The van der Waals surface area contributed by atoms with E-state index in [1.165, 1.54) is 0 Å². The molecular weight excluding hydrogens is 414 g/mol. The fourth-order valence-electron chi connectivity index (χ4n) is 3.90. The summed E-state index contributed by atoms with van der Waals surface area (Å²) in [6.45, 7) is 5.91. The fraction of sp³-hybridized carbons (Fsp3) is 0.565. The number of amides is 1. The van der Waals surface area contributed by atoms with Gasteiger partial charge in [-0.1, -0.05) is 18.5 Å². The molecule has 0 radical (unpaired) electrons. The third kappa shape index (κ3) is 6.21. The van der Waals surface area contributed by atoms with Crippen LogP contribution in [0.4, 0.5) is 4.79 Å². The Morgan fingerprint density at radius 3 is 2.84 bits per heavy atom. The average molecular weight is 446 g/mol. The summed E-state index contributed by atoms with van der Waals surface area (Å²) >= 11 is 0. The first kappa shape index (κ1) is 23.6. The molecule has 3 atom stereocenters. The van der Waals surface area contributed by atoms with Gasteiger partial charge in [0.1, 0.15) is 17.5 Å². The first-order chi connectivity index (χ1) is 15.4. The summed E-state index contributed by atoms with van der Waals surface area (Å²) < 4.78 is 16.7. The summed E-state index contributed by atoms with van der Waals surface area (Å²) in [4.78, 5) is 27.7. The monoisotopic (exact) mass is 445 g/mol. The van der Waals surface area contributed by atoms with Crippen molar-refractivity contribution < 1.29 is 28.7 Å². The highest BCUT2D eigenvalue weighted by molar-refractivity contribution is 5.70. The van der Waals surface area contributed by atoms with E-state index in [0.717, 1.165) is 31.2 Å². The number of carboxylic acids is 1. The number of carbonyl (C=O) groups is 2. The van der Waals surface area contributed by atoms with Gasteiger partial charge in [-0.25, -0.2) is 9.78 Å². The number of nitrogens with one attached hydrogen (secondary N) is 1. The zero-order chi connectivity index (χ0) is 23.1. The smallest absolute Gasteiger partial charge is 0.407 e. The van der Waals surface area contributed by atoms with E-state index in [2.05, 4.69) is 15.5 Å². The van der Waals surface area contributed by atoms with Gasteiger partial charge in [-0.05, 0) is 58.1 Å². The Hall–Kier alpha value is -3.10. The molecule has 2 heterocycles.